The van der Waals surface area contributed by atoms with Crippen molar-refractivity contribution in [3.8, 4) is 28.8 Å². The second kappa shape index (κ2) is 10.1. The molecule has 1 amide bonds. The van der Waals surface area contributed by atoms with Gasteiger partial charge in [-0.05, 0) is 60.2 Å². The molecular formula is C30H25FN4O3. The minimum absolute atomic E-state index is 0.0424. The number of ether oxygens (including phenoxy) is 2. The van der Waals surface area contributed by atoms with Gasteiger partial charge in [0.1, 0.15) is 11.8 Å². The van der Waals surface area contributed by atoms with Crippen LogP contribution in [0.1, 0.15) is 52.5 Å². The van der Waals surface area contributed by atoms with Gasteiger partial charge in [0.05, 0.1) is 16.8 Å². The van der Waals surface area contributed by atoms with Crippen molar-refractivity contribution in [2.24, 2.45) is 0 Å². The Balaban J connectivity index is 1.20. The van der Waals surface area contributed by atoms with Crippen molar-refractivity contribution in [3.63, 3.8) is 0 Å². The topological polar surface area (TPSA) is 80.4 Å². The lowest BCUT2D eigenvalue weighted by Gasteiger charge is -2.24. The van der Waals surface area contributed by atoms with Crippen LogP contribution in [-0.2, 0) is 17.8 Å². The molecule has 0 N–H and O–H groups in total. The molecule has 0 spiro atoms. The number of carbonyl (C=O) groups is 1. The second-order valence-electron chi connectivity index (χ2n) is 9.46. The molecule has 3 aromatic carbocycles. The van der Waals surface area contributed by atoms with Gasteiger partial charge in [-0.3, -0.25) is 4.79 Å². The van der Waals surface area contributed by atoms with Crippen LogP contribution >= 0.6 is 0 Å². The first-order valence-electron chi connectivity index (χ1n) is 12.6. The van der Waals surface area contributed by atoms with E-state index in [4.69, 9.17) is 9.47 Å². The fourth-order valence-corrected chi connectivity index (χ4v) is 5.10. The normalized spacial score (nSPS) is 16.8. The molecule has 0 radical (unpaired) electrons. The number of halogens is 1. The fourth-order valence-electron chi connectivity index (χ4n) is 5.10. The molecule has 2 aliphatic rings. The van der Waals surface area contributed by atoms with Gasteiger partial charge in [0.2, 0.25) is 0 Å². The van der Waals surface area contributed by atoms with E-state index in [0.717, 1.165) is 48.3 Å². The number of nitriles is 1. The van der Waals surface area contributed by atoms with E-state index in [-0.39, 0.29) is 29.2 Å². The van der Waals surface area contributed by atoms with Gasteiger partial charge in [0, 0.05) is 25.9 Å². The number of nitrogens with zero attached hydrogens (tertiary/aromatic N) is 4. The maximum absolute atomic E-state index is 14.4. The second-order valence-corrected chi connectivity index (χ2v) is 9.46. The van der Waals surface area contributed by atoms with Crippen molar-refractivity contribution in [2.75, 3.05) is 6.61 Å². The average Bonchev–Trinajstić information content (AvgIpc) is 3.56. The molecule has 3 heterocycles. The number of amides is 1. The molecule has 6 rings (SSSR count). The molecule has 1 unspecified atom stereocenters. The molecular weight excluding hydrogens is 483 g/mol. The summed E-state index contributed by atoms with van der Waals surface area (Å²) in [6, 6.07) is 21.5. The molecule has 0 aliphatic carbocycles. The molecule has 0 saturated carbocycles. The number of carbonyl (C=O) groups excluding carboxylic acids is 1. The summed E-state index contributed by atoms with van der Waals surface area (Å²) in [5.74, 6) is -0.782. The summed E-state index contributed by atoms with van der Waals surface area (Å²) >= 11 is 0. The van der Waals surface area contributed by atoms with Crippen molar-refractivity contribution >= 4 is 5.91 Å². The van der Waals surface area contributed by atoms with Crippen LogP contribution in [0.4, 0.5) is 4.39 Å². The van der Waals surface area contributed by atoms with Gasteiger partial charge in [0.15, 0.2) is 17.8 Å². The Morgan fingerprint density at radius 3 is 2.71 bits per heavy atom. The maximum atomic E-state index is 14.4. The first kappa shape index (κ1) is 23.9. The molecule has 4 aromatic rings. The molecule has 1 saturated heterocycles. The molecule has 1 fully saturated rings. The van der Waals surface area contributed by atoms with Crippen molar-refractivity contribution in [1.29, 1.82) is 5.26 Å². The third-order valence-corrected chi connectivity index (χ3v) is 7.00. The van der Waals surface area contributed by atoms with Crippen LogP contribution in [0.3, 0.4) is 0 Å². The SMILES string of the molecule is N#Cc1cccc(F)c1Oc1cccc2c1C(=O)N(Cc1ccc(-c3ccnn3C3CCCCO3)cc1)C2. The molecule has 190 valence electrons. The average molecular weight is 509 g/mol. The fraction of sp³-hybridized carbons (Fsp3) is 0.233. The Kier molecular flexibility index (Phi) is 6.36. The van der Waals surface area contributed by atoms with E-state index >= 15 is 0 Å². The van der Waals surface area contributed by atoms with Crippen LogP contribution in [0.5, 0.6) is 11.5 Å². The van der Waals surface area contributed by atoms with Crippen LogP contribution in [0.2, 0.25) is 0 Å². The third kappa shape index (κ3) is 4.42. The van der Waals surface area contributed by atoms with E-state index in [1.807, 2.05) is 47.1 Å². The molecule has 38 heavy (non-hydrogen) atoms. The van der Waals surface area contributed by atoms with Crippen LogP contribution in [0.25, 0.3) is 11.3 Å². The van der Waals surface area contributed by atoms with Crippen LogP contribution in [0, 0.1) is 17.1 Å². The van der Waals surface area contributed by atoms with Gasteiger partial charge >= 0.3 is 0 Å². The molecule has 1 atom stereocenters. The molecule has 1 aromatic heterocycles. The monoisotopic (exact) mass is 508 g/mol. The first-order chi connectivity index (χ1) is 18.6. The van der Waals surface area contributed by atoms with Gasteiger partial charge in [-0.2, -0.15) is 10.4 Å². The Morgan fingerprint density at radius 1 is 1.08 bits per heavy atom. The number of hydrogen-bond acceptors (Lipinski definition) is 5. The zero-order valence-corrected chi connectivity index (χ0v) is 20.6. The number of para-hydroxylation sites is 1. The number of aromatic nitrogens is 2. The standard InChI is InChI=1S/C30H25FN4O3/c31-24-7-3-5-22(17-32)29(24)38-26-8-4-6-23-19-34(30(36)28(23)26)18-20-10-12-21(13-11-20)25-14-15-33-35(25)27-9-1-2-16-37-27/h3-8,10-15,27H,1-2,9,16,18-19H2. The molecule has 0 bridgehead atoms. The molecule has 8 heteroatoms. The predicted molar refractivity (Wildman–Crippen MR) is 138 cm³/mol. The van der Waals surface area contributed by atoms with Gasteiger partial charge in [-0.15, -0.1) is 0 Å². The summed E-state index contributed by atoms with van der Waals surface area (Å²) in [4.78, 5) is 15.1. The van der Waals surface area contributed by atoms with Crippen LogP contribution < -0.4 is 4.74 Å². The highest BCUT2D eigenvalue weighted by Gasteiger charge is 2.31. The zero-order chi connectivity index (χ0) is 26.1. The number of fused-ring (bicyclic) bond motifs is 1. The van der Waals surface area contributed by atoms with Gasteiger partial charge in [-0.1, -0.05) is 42.5 Å². The summed E-state index contributed by atoms with van der Waals surface area (Å²) in [6.07, 6.45) is 4.91. The highest BCUT2D eigenvalue weighted by molar-refractivity contribution is 6.01. The first-order valence-corrected chi connectivity index (χ1v) is 12.6. The summed E-state index contributed by atoms with van der Waals surface area (Å²) in [5, 5.41) is 13.8. The van der Waals surface area contributed by atoms with Gasteiger partial charge in [0.25, 0.3) is 5.91 Å². The smallest absolute Gasteiger partial charge is 0.258 e. The Bertz CT molecular complexity index is 1530. The van der Waals surface area contributed by atoms with E-state index in [1.165, 1.54) is 18.2 Å². The number of hydrogen-bond donors (Lipinski definition) is 0. The Morgan fingerprint density at radius 2 is 1.92 bits per heavy atom. The Hall–Kier alpha value is -4.48. The zero-order valence-electron chi connectivity index (χ0n) is 20.6. The predicted octanol–water partition coefficient (Wildman–Crippen LogP) is 6.21. The highest BCUT2D eigenvalue weighted by Crippen LogP contribution is 2.36. The van der Waals surface area contributed by atoms with E-state index in [9.17, 15) is 14.4 Å². The summed E-state index contributed by atoms with van der Waals surface area (Å²) < 4.78 is 28.1. The van der Waals surface area contributed by atoms with E-state index < -0.39 is 5.82 Å². The van der Waals surface area contributed by atoms with Gasteiger partial charge in [-0.25, -0.2) is 9.07 Å². The number of benzene rings is 3. The summed E-state index contributed by atoms with van der Waals surface area (Å²) in [5.41, 5.74) is 4.28. The minimum Gasteiger partial charge on any atom is -0.452 e. The van der Waals surface area contributed by atoms with Crippen LogP contribution in [0.15, 0.2) is 72.9 Å². The van der Waals surface area contributed by atoms with Crippen molar-refractivity contribution in [1.82, 2.24) is 14.7 Å². The maximum Gasteiger partial charge on any atom is 0.258 e. The van der Waals surface area contributed by atoms with Gasteiger partial charge < -0.3 is 14.4 Å². The van der Waals surface area contributed by atoms with Crippen molar-refractivity contribution < 1.29 is 18.7 Å². The lowest BCUT2D eigenvalue weighted by molar-refractivity contribution is -0.0383. The van der Waals surface area contributed by atoms with E-state index in [2.05, 4.69) is 5.10 Å². The Labute approximate surface area is 219 Å². The highest BCUT2D eigenvalue weighted by atomic mass is 19.1. The molecule has 7 nitrogen and oxygen atoms in total. The summed E-state index contributed by atoms with van der Waals surface area (Å²) in [6.45, 7) is 1.59. The van der Waals surface area contributed by atoms with Crippen molar-refractivity contribution in [2.45, 2.75) is 38.6 Å². The van der Waals surface area contributed by atoms with Crippen LogP contribution in [-0.4, -0.2) is 27.2 Å². The lowest BCUT2D eigenvalue weighted by Crippen LogP contribution is -2.23. The lowest BCUT2D eigenvalue weighted by atomic mass is 10.1. The summed E-state index contributed by atoms with van der Waals surface area (Å²) in [7, 11) is 0. The van der Waals surface area contributed by atoms with E-state index in [1.54, 1.807) is 23.2 Å². The minimum atomic E-state index is -0.652. The quantitative estimate of drug-likeness (QED) is 0.309. The van der Waals surface area contributed by atoms with E-state index in [0.29, 0.717) is 18.7 Å². The third-order valence-electron chi connectivity index (χ3n) is 7.00. The number of rotatable bonds is 6. The van der Waals surface area contributed by atoms with Crippen molar-refractivity contribution in [3.05, 3.63) is 101 Å². The largest absolute Gasteiger partial charge is 0.452 e. The molecule has 2 aliphatic heterocycles.